The Bertz CT molecular complexity index is 1220. The van der Waals surface area contributed by atoms with Crippen LogP contribution in [0.5, 0.6) is 0 Å². The van der Waals surface area contributed by atoms with Crippen molar-refractivity contribution in [2.24, 2.45) is 0 Å². The number of carbonyl (C=O) groups excluding carboxylic acids is 1. The minimum absolute atomic E-state index is 0.0285. The fourth-order valence-electron chi connectivity index (χ4n) is 2.90. The average molecular weight is 483 g/mol. The van der Waals surface area contributed by atoms with Gasteiger partial charge in [-0.15, -0.1) is 0 Å². The Morgan fingerprint density at radius 3 is 2.22 bits per heavy atom. The third kappa shape index (κ3) is 5.41. The molecule has 32 heavy (non-hydrogen) atoms. The lowest BCUT2D eigenvalue weighted by atomic mass is 10.2. The van der Waals surface area contributed by atoms with Crippen LogP contribution in [0, 0.1) is 6.92 Å². The van der Waals surface area contributed by atoms with Crippen LogP contribution in [0.15, 0.2) is 77.7 Å². The molecule has 0 radical (unpaired) electrons. The molecule has 0 aliphatic heterocycles. The van der Waals surface area contributed by atoms with Crippen molar-refractivity contribution in [3.8, 4) is 0 Å². The molecule has 0 fully saturated rings. The Morgan fingerprint density at radius 2 is 1.62 bits per heavy atom. The molecule has 168 valence electrons. The van der Waals surface area contributed by atoms with Crippen LogP contribution in [-0.2, 0) is 21.0 Å². The molecule has 0 saturated carbocycles. The lowest BCUT2D eigenvalue weighted by Crippen LogP contribution is -2.38. The molecule has 5 nitrogen and oxygen atoms in total. The summed E-state index contributed by atoms with van der Waals surface area (Å²) in [6.45, 7) is 1.18. The Kier molecular flexibility index (Phi) is 6.80. The standard InChI is InChI=1S/C22H18ClF3N2O3S/c1-15-7-10-17(11-8-15)28(32(30,31)18-5-3-2-4-6-18)14-21(29)27-16-9-12-20(23)19(13-16)22(24,25)26/h2-13H,14H2,1H3,(H,27,29). The molecule has 1 N–H and O–H groups in total. The monoisotopic (exact) mass is 482 g/mol. The number of benzene rings is 3. The summed E-state index contributed by atoms with van der Waals surface area (Å²) in [6.07, 6.45) is -4.71. The van der Waals surface area contributed by atoms with E-state index in [4.69, 9.17) is 11.6 Å². The second-order valence-electron chi connectivity index (χ2n) is 6.90. The Morgan fingerprint density at radius 1 is 1.00 bits per heavy atom. The predicted octanol–water partition coefficient (Wildman–Crippen LogP) is 5.50. The first-order chi connectivity index (χ1) is 15.0. The molecule has 0 bridgehead atoms. The summed E-state index contributed by atoms with van der Waals surface area (Å²) in [6, 6.07) is 16.9. The highest BCUT2D eigenvalue weighted by atomic mass is 35.5. The third-order valence-electron chi connectivity index (χ3n) is 4.50. The zero-order chi connectivity index (χ0) is 23.5. The number of aryl methyl sites for hydroxylation is 1. The minimum Gasteiger partial charge on any atom is -0.324 e. The van der Waals surface area contributed by atoms with Gasteiger partial charge in [0, 0.05) is 5.69 Å². The van der Waals surface area contributed by atoms with Crippen LogP contribution >= 0.6 is 11.6 Å². The van der Waals surface area contributed by atoms with Gasteiger partial charge in [0.15, 0.2) is 0 Å². The van der Waals surface area contributed by atoms with Crippen molar-refractivity contribution in [3.05, 3.63) is 88.9 Å². The van der Waals surface area contributed by atoms with Gasteiger partial charge in [0.2, 0.25) is 5.91 Å². The average Bonchev–Trinajstić information content (AvgIpc) is 2.74. The summed E-state index contributed by atoms with van der Waals surface area (Å²) in [5.41, 5.74) is -0.144. The lowest BCUT2D eigenvalue weighted by molar-refractivity contribution is -0.137. The minimum atomic E-state index is -4.71. The number of amides is 1. The zero-order valence-electron chi connectivity index (χ0n) is 16.7. The second-order valence-corrected chi connectivity index (χ2v) is 9.17. The van der Waals surface area contributed by atoms with Gasteiger partial charge in [0.25, 0.3) is 10.0 Å². The fraction of sp³-hybridized carbons (Fsp3) is 0.136. The lowest BCUT2D eigenvalue weighted by Gasteiger charge is -2.24. The van der Waals surface area contributed by atoms with Crippen molar-refractivity contribution in [1.29, 1.82) is 0 Å². The van der Waals surface area contributed by atoms with E-state index in [-0.39, 0.29) is 16.3 Å². The van der Waals surface area contributed by atoms with E-state index < -0.39 is 39.2 Å². The molecule has 0 spiro atoms. The number of sulfonamides is 1. The highest BCUT2D eigenvalue weighted by molar-refractivity contribution is 7.92. The number of halogens is 4. The van der Waals surface area contributed by atoms with E-state index in [9.17, 15) is 26.4 Å². The van der Waals surface area contributed by atoms with E-state index >= 15 is 0 Å². The summed E-state index contributed by atoms with van der Waals surface area (Å²) in [4.78, 5) is 12.6. The van der Waals surface area contributed by atoms with Gasteiger partial charge in [-0.2, -0.15) is 13.2 Å². The van der Waals surface area contributed by atoms with Crippen molar-refractivity contribution in [3.63, 3.8) is 0 Å². The maximum absolute atomic E-state index is 13.2. The molecule has 0 aromatic heterocycles. The summed E-state index contributed by atoms with van der Waals surface area (Å²) in [5.74, 6) is -0.819. The number of hydrogen-bond acceptors (Lipinski definition) is 3. The number of rotatable bonds is 6. The SMILES string of the molecule is Cc1ccc(N(CC(=O)Nc2ccc(Cl)c(C(F)(F)F)c2)S(=O)(=O)c2ccccc2)cc1. The van der Waals surface area contributed by atoms with Gasteiger partial charge in [0.05, 0.1) is 21.2 Å². The van der Waals surface area contributed by atoms with Crippen molar-refractivity contribution in [2.75, 3.05) is 16.2 Å². The van der Waals surface area contributed by atoms with Gasteiger partial charge in [-0.3, -0.25) is 9.10 Å². The molecule has 0 unspecified atom stereocenters. The first-order valence-corrected chi connectivity index (χ1v) is 11.1. The number of alkyl halides is 3. The van der Waals surface area contributed by atoms with Gasteiger partial charge in [0.1, 0.15) is 6.54 Å². The summed E-state index contributed by atoms with van der Waals surface area (Å²) in [7, 11) is -4.12. The van der Waals surface area contributed by atoms with Gasteiger partial charge >= 0.3 is 6.18 Å². The van der Waals surface area contributed by atoms with Crippen molar-refractivity contribution >= 4 is 38.9 Å². The van der Waals surface area contributed by atoms with E-state index in [2.05, 4.69) is 5.32 Å². The van der Waals surface area contributed by atoms with E-state index in [1.165, 1.54) is 18.2 Å². The van der Waals surface area contributed by atoms with Crippen molar-refractivity contribution < 1.29 is 26.4 Å². The maximum atomic E-state index is 13.2. The topological polar surface area (TPSA) is 66.5 Å². The van der Waals surface area contributed by atoms with E-state index in [0.717, 1.165) is 15.9 Å². The van der Waals surface area contributed by atoms with Crippen LogP contribution in [0.1, 0.15) is 11.1 Å². The van der Waals surface area contributed by atoms with Gasteiger partial charge in [-0.1, -0.05) is 47.5 Å². The highest BCUT2D eigenvalue weighted by Gasteiger charge is 2.33. The molecule has 3 rings (SSSR count). The number of nitrogens with zero attached hydrogens (tertiary/aromatic N) is 1. The molecule has 1 amide bonds. The molecule has 0 heterocycles. The Balaban J connectivity index is 1.92. The molecule has 3 aromatic rings. The highest BCUT2D eigenvalue weighted by Crippen LogP contribution is 2.36. The maximum Gasteiger partial charge on any atom is 0.417 e. The molecule has 3 aromatic carbocycles. The number of hydrogen-bond donors (Lipinski definition) is 1. The van der Waals surface area contributed by atoms with Gasteiger partial charge in [-0.25, -0.2) is 8.42 Å². The quantitative estimate of drug-likeness (QED) is 0.504. The van der Waals surface area contributed by atoms with E-state index in [0.29, 0.717) is 6.07 Å². The Labute approximate surface area is 188 Å². The molecular weight excluding hydrogens is 465 g/mol. The van der Waals surface area contributed by atoms with Crippen LogP contribution in [0.3, 0.4) is 0 Å². The summed E-state index contributed by atoms with van der Waals surface area (Å²) >= 11 is 5.60. The van der Waals surface area contributed by atoms with Crippen molar-refractivity contribution in [2.45, 2.75) is 18.0 Å². The largest absolute Gasteiger partial charge is 0.417 e. The molecular formula is C22H18ClF3N2O3S. The number of carbonyl (C=O) groups is 1. The van der Waals surface area contributed by atoms with Gasteiger partial charge in [-0.05, 0) is 49.4 Å². The first-order valence-electron chi connectivity index (χ1n) is 9.29. The zero-order valence-corrected chi connectivity index (χ0v) is 18.3. The molecule has 0 aliphatic rings. The normalized spacial score (nSPS) is 11.8. The fourth-order valence-corrected chi connectivity index (χ4v) is 4.56. The first kappa shape index (κ1) is 23.6. The van der Waals surface area contributed by atoms with E-state index in [1.54, 1.807) is 42.5 Å². The summed E-state index contributed by atoms with van der Waals surface area (Å²) in [5, 5.41) is 1.80. The van der Waals surface area contributed by atoms with Crippen LogP contribution in [0.4, 0.5) is 24.5 Å². The molecule has 0 atom stereocenters. The molecule has 10 heteroatoms. The molecule has 0 aliphatic carbocycles. The van der Waals surface area contributed by atoms with Crippen molar-refractivity contribution in [1.82, 2.24) is 0 Å². The second kappa shape index (κ2) is 9.22. The molecule has 0 saturated heterocycles. The number of nitrogens with one attached hydrogen (secondary N) is 1. The predicted molar refractivity (Wildman–Crippen MR) is 117 cm³/mol. The van der Waals surface area contributed by atoms with Crippen LogP contribution < -0.4 is 9.62 Å². The van der Waals surface area contributed by atoms with Gasteiger partial charge < -0.3 is 5.32 Å². The number of anilines is 2. The van der Waals surface area contributed by atoms with Crippen LogP contribution in [0.25, 0.3) is 0 Å². The summed E-state index contributed by atoms with van der Waals surface area (Å²) < 4.78 is 66.6. The Hall–Kier alpha value is -3.04. The smallest absolute Gasteiger partial charge is 0.324 e. The van der Waals surface area contributed by atoms with Crippen LogP contribution in [0.2, 0.25) is 5.02 Å². The third-order valence-corrected chi connectivity index (χ3v) is 6.61. The van der Waals surface area contributed by atoms with E-state index in [1.807, 2.05) is 6.92 Å². The van der Waals surface area contributed by atoms with Crippen LogP contribution in [-0.4, -0.2) is 20.9 Å².